The summed E-state index contributed by atoms with van der Waals surface area (Å²) in [6, 6.07) is 9.31. The number of rotatable bonds is 6. The predicted octanol–water partition coefficient (Wildman–Crippen LogP) is 2.35. The molecule has 0 amide bonds. The molecule has 3 heterocycles. The maximum absolute atomic E-state index is 5.43. The molecule has 9 nitrogen and oxygen atoms in total. The van der Waals surface area contributed by atoms with E-state index in [0.717, 1.165) is 49.4 Å². The van der Waals surface area contributed by atoms with Crippen LogP contribution in [0.2, 0.25) is 0 Å². The van der Waals surface area contributed by atoms with E-state index >= 15 is 0 Å². The summed E-state index contributed by atoms with van der Waals surface area (Å²) >= 11 is 0. The van der Waals surface area contributed by atoms with E-state index in [-0.39, 0.29) is 0 Å². The van der Waals surface area contributed by atoms with E-state index in [4.69, 9.17) is 9.47 Å². The lowest BCUT2D eigenvalue weighted by atomic mass is 10.2. The maximum atomic E-state index is 5.43. The van der Waals surface area contributed by atoms with Crippen LogP contribution in [-0.4, -0.2) is 60.3 Å². The van der Waals surface area contributed by atoms with Crippen LogP contribution in [0.5, 0.6) is 11.5 Å². The van der Waals surface area contributed by atoms with Crippen molar-refractivity contribution in [2.24, 2.45) is 0 Å². The van der Waals surface area contributed by atoms with Crippen LogP contribution in [0.4, 0.5) is 23.4 Å². The Morgan fingerprint density at radius 2 is 1.62 bits per heavy atom. The summed E-state index contributed by atoms with van der Waals surface area (Å²) < 4.78 is 10.7. The zero-order valence-corrected chi connectivity index (χ0v) is 16.4. The third kappa shape index (κ3) is 4.29. The third-order valence-corrected chi connectivity index (χ3v) is 4.73. The van der Waals surface area contributed by atoms with Gasteiger partial charge in [-0.15, -0.1) is 0 Å². The van der Waals surface area contributed by atoms with Crippen molar-refractivity contribution in [1.29, 1.82) is 0 Å². The van der Waals surface area contributed by atoms with E-state index in [1.807, 2.05) is 30.3 Å². The number of nitrogens with one attached hydrogen (secondary N) is 1. The summed E-state index contributed by atoms with van der Waals surface area (Å²) in [5, 5.41) is 3.23. The molecule has 9 heteroatoms. The Morgan fingerprint density at radius 3 is 2.34 bits per heavy atom. The average molecular weight is 393 g/mol. The number of anilines is 4. The van der Waals surface area contributed by atoms with Crippen molar-refractivity contribution < 1.29 is 9.47 Å². The molecule has 1 aromatic carbocycles. The van der Waals surface area contributed by atoms with Crippen molar-refractivity contribution in [2.45, 2.75) is 0 Å². The molecule has 1 fully saturated rings. The molecule has 2 aromatic heterocycles. The molecule has 0 unspecified atom stereocenters. The van der Waals surface area contributed by atoms with Crippen LogP contribution in [0.25, 0.3) is 0 Å². The Morgan fingerprint density at radius 1 is 0.862 bits per heavy atom. The van der Waals surface area contributed by atoms with Gasteiger partial charge in [0.1, 0.15) is 17.3 Å². The summed E-state index contributed by atoms with van der Waals surface area (Å²) in [5.74, 6) is 3.55. The van der Waals surface area contributed by atoms with Crippen LogP contribution in [0.15, 0.2) is 48.9 Å². The van der Waals surface area contributed by atoms with Crippen molar-refractivity contribution in [2.75, 3.05) is 55.5 Å². The molecule has 150 valence electrons. The zero-order valence-electron chi connectivity index (χ0n) is 16.4. The van der Waals surface area contributed by atoms with Gasteiger partial charge in [-0.1, -0.05) is 0 Å². The minimum Gasteiger partial charge on any atom is -0.497 e. The first kappa shape index (κ1) is 18.7. The second-order valence-electron chi connectivity index (χ2n) is 6.45. The summed E-state index contributed by atoms with van der Waals surface area (Å²) in [6.45, 7) is 3.34. The van der Waals surface area contributed by atoms with Crippen molar-refractivity contribution in [3.63, 3.8) is 0 Å². The highest BCUT2D eigenvalue weighted by atomic mass is 16.5. The van der Waals surface area contributed by atoms with Crippen LogP contribution in [0.1, 0.15) is 0 Å². The highest BCUT2D eigenvalue weighted by Gasteiger charge is 2.20. The second-order valence-corrected chi connectivity index (χ2v) is 6.45. The molecule has 0 aliphatic carbocycles. The van der Waals surface area contributed by atoms with Crippen LogP contribution in [0, 0.1) is 0 Å². The number of benzene rings is 1. The van der Waals surface area contributed by atoms with E-state index in [1.165, 1.54) is 0 Å². The monoisotopic (exact) mass is 393 g/mol. The van der Waals surface area contributed by atoms with Crippen molar-refractivity contribution in [3.05, 3.63) is 48.9 Å². The largest absolute Gasteiger partial charge is 0.497 e. The highest BCUT2D eigenvalue weighted by Crippen LogP contribution is 2.31. The molecule has 29 heavy (non-hydrogen) atoms. The molecular weight excluding hydrogens is 370 g/mol. The van der Waals surface area contributed by atoms with Gasteiger partial charge < -0.3 is 24.6 Å². The van der Waals surface area contributed by atoms with E-state index < -0.39 is 0 Å². The first-order valence-electron chi connectivity index (χ1n) is 9.36. The number of hydrogen-bond donors (Lipinski definition) is 1. The number of piperazine rings is 1. The first-order valence-corrected chi connectivity index (χ1v) is 9.36. The molecule has 0 radical (unpaired) electrons. The quantitative estimate of drug-likeness (QED) is 0.678. The number of aromatic nitrogens is 4. The Labute approximate surface area is 169 Å². The lowest BCUT2D eigenvalue weighted by molar-refractivity contribution is 0.395. The van der Waals surface area contributed by atoms with Gasteiger partial charge in [0.05, 0.1) is 19.9 Å². The topological polar surface area (TPSA) is 88.5 Å². The number of nitrogens with zero attached hydrogens (tertiary/aromatic N) is 6. The fraction of sp³-hybridized carbons (Fsp3) is 0.300. The van der Waals surface area contributed by atoms with Gasteiger partial charge in [-0.25, -0.2) is 15.0 Å². The minimum absolute atomic E-state index is 0.514. The Kier molecular flexibility index (Phi) is 5.55. The number of ether oxygens (including phenoxy) is 2. The standard InChI is InChI=1S/C20H23N7O2/c1-28-15-4-5-16(17(14-15)29-2)24-19-21-9-6-18(25-19)26-10-12-27(13-11-26)20-22-7-3-8-23-20/h3-9,14H,10-13H2,1-2H3,(H,21,24,25). The Hall–Kier alpha value is -3.62. The smallest absolute Gasteiger partial charge is 0.229 e. The molecule has 0 bridgehead atoms. The summed E-state index contributed by atoms with van der Waals surface area (Å²) in [6.07, 6.45) is 5.29. The van der Waals surface area contributed by atoms with Crippen LogP contribution >= 0.6 is 0 Å². The Balaban J connectivity index is 1.44. The summed E-state index contributed by atoms with van der Waals surface area (Å²) in [5.41, 5.74) is 0.775. The molecule has 1 saturated heterocycles. The highest BCUT2D eigenvalue weighted by molar-refractivity contribution is 5.65. The third-order valence-electron chi connectivity index (χ3n) is 4.73. The SMILES string of the molecule is COc1ccc(Nc2nccc(N3CCN(c4ncccn4)CC3)n2)c(OC)c1. The van der Waals surface area contributed by atoms with E-state index in [2.05, 4.69) is 35.1 Å². The van der Waals surface area contributed by atoms with Gasteiger partial charge in [0.15, 0.2) is 0 Å². The van der Waals surface area contributed by atoms with Gasteiger partial charge >= 0.3 is 0 Å². The Bertz CT molecular complexity index is 947. The lowest BCUT2D eigenvalue weighted by Gasteiger charge is -2.35. The molecule has 1 N–H and O–H groups in total. The molecule has 1 aliphatic heterocycles. The molecule has 4 rings (SSSR count). The van der Waals surface area contributed by atoms with Crippen molar-refractivity contribution >= 4 is 23.4 Å². The fourth-order valence-corrected chi connectivity index (χ4v) is 3.20. The van der Waals surface area contributed by atoms with Crippen molar-refractivity contribution in [3.8, 4) is 11.5 Å². The summed E-state index contributed by atoms with van der Waals surface area (Å²) in [7, 11) is 3.24. The minimum atomic E-state index is 0.514. The normalized spacial score (nSPS) is 13.9. The van der Waals surface area contributed by atoms with Gasteiger partial charge in [-0.2, -0.15) is 4.98 Å². The molecule has 3 aromatic rings. The number of methoxy groups -OCH3 is 2. The average Bonchev–Trinajstić information content (AvgIpc) is 2.80. The van der Waals surface area contributed by atoms with Crippen LogP contribution < -0.4 is 24.6 Å². The van der Waals surface area contributed by atoms with Gasteiger partial charge in [-0.3, -0.25) is 0 Å². The van der Waals surface area contributed by atoms with Crippen molar-refractivity contribution in [1.82, 2.24) is 19.9 Å². The van der Waals surface area contributed by atoms with E-state index in [0.29, 0.717) is 11.7 Å². The fourth-order valence-electron chi connectivity index (χ4n) is 3.20. The van der Waals surface area contributed by atoms with Gasteiger partial charge in [-0.05, 0) is 24.3 Å². The zero-order chi connectivity index (χ0) is 20.1. The van der Waals surface area contributed by atoms with E-state index in [9.17, 15) is 0 Å². The van der Waals surface area contributed by atoms with Gasteiger partial charge in [0.25, 0.3) is 0 Å². The first-order chi connectivity index (χ1) is 14.3. The molecular formula is C20H23N7O2. The number of hydrogen-bond acceptors (Lipinski definition) is 9. The second kappa shape index (κ2) is 8.59. The lowest BCUT2D eigenvalue weighted by Crippen LogP contribution is -2.47. The molecule has 0 saturated carbocycles. The van der Waals surface area contributed by atoms with E-state index in [1.54, 1.807) is 32.8 Å². The predicted molar refractivity (Wildman–Crippen MR) is 111 cm³/mol. The van der Waals surface area contributed by atoms with Crippen LogP contribution in [-0.2, 0) is 0 Å². The maximum Gasteiger partial charge on any atom is 0.229 e. The summed E-state index contributed by atoms with van der Waals surface area (Å²) in [4.78, 5) is 22.1. The molecule has 0 atom stereocenters. The van der Waals surface area contributed by atoms with Gasteiger partial charge in [0.2, 0.25) is 11.9 Å². The molecule has 0 spiro atoms. The van der Waals surface area contributed by atoms with Crippen LogP contribution in [0.3, 0.4) is 0 Å². The van der Waals surface area contributed by atoms with Gasteiger partial charge in [0, 0.05) is 50.8 Å². The molecule has 1 aliphatic rings.